The zero-order chi connectivity index (χ0) is 13.8. The van der Waals surface area contributed by atoms with E-state index in [-0.39, 0.29) is 29.7 Å². The average molecular weight is 267 g/mol. The number of carbonyl (C=O) groups is 1. The topological polar surface area (TPSA) is 69.4 Å². The summed E-state index contributed by atoms with van der Waals surface area (Å²) in [6.45, 7) is 0.181. The summed E-state index contributed by atoms with van der Waals surface area (Å²) in [6, 6.07) is 3.09. The highest BCUT2D eigenvalue weighted by molar-refractivity contribution is 5.82. The van der Waals surface area contributed by atoms with Gasteiger partial charge in [-0.25, -0.2) is 4.39 Å². The van der Waals surface area contributed by atoms with Crippen LogP contribution in [0.5, 0.6) is 5.75 Å². The maximum atomic E-state index is 13.0. The van der Waals surface area contributed by atoms with Gasteiger partial charge in [-0.05, 0) is 25.3 Å². The van der Waals surface area contributed by atoms with Crippen molar-refractivity contribution in [1.82, 2.24) is 0 Å². The Hall–Kier alpha value is -1.98. The number of Topliss-reactive ketones (excluding diaryl/α,β-unsaturated/α-hetero) is 1. The molecule has 0 spiro atoms. The Morgan fingerprint density at radius 3 is 2.89 bits per heavy atom. The zero-order valence-corrected chi connectivity index (χ0v) is 10.3. The monoisotopic (exact) mass is 267 g/mol. The standard InChI is InChI=1S/C13H14FNO4/c14-10-4-5-11(15(17)18)13(8-10)19-7-6-9-2-1-3-12(9)16/h4-5,8-9H,1-3,6-7H2. The lowest BCUT2D eigenvalue weighted by atomic mass is 10.0. The number of carbonyl (C=O) groups excluding carboxylic acids is 1. The summed E-state index contributed by atoms with van der Waals surface area (Å²) in [4.78, 5) is 21.6. The Labute approximate surface area is 109 Å². The SMILES string of the molecule is O=C1CCCC1CCOc1cc(F)ccc1[N+](=O)[O-]. The van der Waals surface area contributed by atoms with Crippen molar-refractivity contribution in [3.63, 3.8) is 0 Å². The van der Waals surface area contributed by atoms with Crippen LogP contribution in [-0.2, 0) is 4.79 Å². The van der Waals surface area contributed by atoms with Gasteiger partial charge in [0, 0.05) is 24.5 Å². The summed E-state index contributed by atoms with van der Waals surface area (Å²) in [6.07, 6.45) is 2.86. The highest BCUT2D eigenvalue weighted by Gasteiger charge is 2.24. The highest BCUT2D eigenvalue weighted by atomic mass is 19.1. The van der Waals surface area contributed by atoms with E-state index in [0.29, 0.717) is 12.8 Å². The molecule has 0 bridgehead atoms. The minimum atomic E-state index is -0.616. The van der Waals surface area contributed by atoms with Crippen molar-refractivity contribution < 1.29 is 18.8 Å². The molecule has 102 valence electrons. The van der Waals surface area contributed by atoms with Crippen LogP contribution in [0.25, 0.3) is 0 Å². The lowest BCUT2D eigenvalue weighted by molar-refractivity contribution is -0.385. The molecule has 0 radical (unpaired) electrons. The molecule has 1 aliphatic carbocycles. The molecule has 1 fully saturated rings. The fourth-order valence-corrected chi connectivity index (χ4v) is 2.26. The van der Waals surface area contributed by atoms with Crippen LogP contribution in [0.3, 0.4) is 0 Å². The van der Waals surface area contributed by atoms with Gasteiger partial charge in [0.15, 0.2) is 5.75 Å². The number of benzene rings is 1. The average Bonchev–Trinajstić information content (AvgIpc) is 2.75. The van der Waals surface area contributed by atoms with Crippen molar-refractivity contribution >= 4 is 11.5 Å². The van der Waals surface area contributed by atoms with Crippen molar-refractivity contribution in [3.8, 4) is 5.75 Å². The largest absolute Gasteiger partial charge is 0.487 e. The Kier molecular flexibility index (Phi) is 4.09. The maximum absolute atomic E-state index is 13.0. The first-order chi connectivity index (χ1) is 9.08. The molecule has 0 aromatic heterocycles. The molecule has 1 saturated carbocycles. The summed E-state index contributed by atoms with van der Waals surface area (Å²) < 4.78 is 18.3. The van der Waals surface area contributed by atoms with E-state index in [4.69, 9.17) is 4.74 Å². The Balaban J connectivity index is 1.97. The first-order valence-electron chi connectivity index (χ1n) is 6.17. The van der Waals surface area contributed by atoms with E-state index in [0.717, 1.165) is 31.0 Å². The molecule has 19 heavy (non-hydrogen) atoms. The molecule has 1 aliphatic rings. The molecule has 5 nitrogen and oxygen atoms in total. The normalized spacial score (nSPS) is 18.6. The Morgan fingerprint density at radius 2 is 2.26 bits per heavy atom. The van der Waals surface area contributed by atoms with E-state index in [1.807, 2.05) is 0 Å². The quantitative estimate of drug-likeness (QED) is 0.607. The molecule has 6 heteroatoms. The van der Waals surface area contributed by atoms with Crippen LogP contribution in [0.1, 0.15) is 25.7 Å². The number of hydrogen-bond acceptors (Lipinski definition) is 4. The third-order valence-electron chi connectivity index (χ3n) is 3.27. The van der Waals surface area contributed by atoms with Gasteiger partial charge >= 0.3 is 5.69 Å². The Morgan fingerprint density at radius 1 is 1.47 bits per heavy atom. The van der Waals surface area contributed by atoms with Crippen LogP contribution in [-0.4, -0.2) is 17.3 Å². The van der Waals surface area contributed by atoms with Crippen molar-refractivity contribution in [2.45, 2.75) is 25.7 Å². The van der Waals surface area contributed by atoms with Crippen molar-refractivity contribution in [1.29, 1.82) is 0 Å². The first kappa shape index (κ1) is 13.5. The zero-order valence-electron chi connectivity index (χ0n) is 10.3. The van der Waals surface area contributed by atoms with Crippen LogP contribution < -0.4 is 4.74 Å². The summed E-state index contributed by atoms with van der Waals surface area (Å²) in [5.74, 6) is -0.474. The van der Waals surface area contributed by atoms with Gasteiger partial charge in [0.25, 0.3) is 0 Å². The second kappa shape index (κ2) is 5.77. The number of rotatable bonds is 5. The number of ether oxygens (including phenoxy) is 1. The number of hydrogen-bond donors (Lipinski definition) is 0. The number of ketones is 1. The summed E-state index contributed by atoms with van der Waals surface area (Å²) in [7, 11) is 0. The smallest absolute Gasteiger partial charge is 0.311 e. The van der Waals surface area contributed by atoms with Crippen LogP contribution in [0.2, 0.25) is 0 Å². The van der Waals surface area contributed by atoms with Gasteiger partial charge in [-0.2, -0.15) is 0 Å². The molecule has 1 unspecified atom stereocenters. The minimum absolute atomic E-state index is 0.0207. The van der Waals surface area contributed by atoms with Crippen molar-refractivity contribution in [2.75, 3.05) is 6.61 Å². The van der Waals surface area contributed by atoms with Crippen LogP contribution in [0.4, 0.5) is 10.1 Å². The van der Waals surface area contributed by atoms with Gasteiger partial charge in [0.05, 0.1) is 11.5 Å². The summed E-state index contributed by atoms with van der Waals surface area (Å²) in [5, 5.41) is 10.8. The van der Waals surface area contributed by atoms with Gasteiger partial charge in [-0.15, -0.1) is 0 Å². The van der Waals surface area contributed by atoms with Crippen LogP contribution in [0, 0.1) is 21.8 Å². The van der Waals surface area contributed by atoms with Crippen molar-refractivity contribution in [2.24, 2.45) is 5.92 Å². The van der Waals surface area contributed by atoms with E-state index < -0.39 is 10.7 Å². The second-order valence-electron chi connectivity index (χ2n) is 4.56. The fraction of sp³-hybridized carbons (Fsp3) is 0.462. The second-order valence-corrected chi connectivity index (χ2v) is 4.56. The van der Waals surface area contributed by atoms with E-state index >= 15 is 0 Å². The van der Waals surface area contributed by atoms with Gasteiger partial charge in [0.2, 0.25) is 0 Å². The van der Waals surface area contributed by atoms with Crippen LogP contribution >= 0.6 is 0 Å². The molecule has 1 atom stereocenters. The van der Waals surface area contributed by atoms with Gasteiger partial charge in [-0.1, -0.05) is 0 Å². The number of nitro groups is 1. The molecule has 0 amide bonds. The van der Waals surface area contributed by atoms with Crippen molar-refractivity contribution in [3.05, 3.63) is 34.1 Å². The lowest BCUT2D eigenvalue weighted by Crippen LogP contribution is -2.11. The van der Waals surface area contributed by atoms with Gasteiger partial charge in [-0.3, -0.25) is 14.9 Å². The number of halogens is 1. The molecule has 0 N–H and O–H groups in total. The van der Waals surface area contributed by atoms with E-state index in [1.165, 1.54) is 0 Å². The molecule has 1 aromatic rings. The van der Waals surface area contributed by atoms with Gasteiger partial charge < -0.3 is 4.74 Å². The summed E-state index contributed by atoms with van der Waals surface area (Å²) >= 11 is 0. The van der Waals surface area contributed by atoms with Gasteiger partial charge in [0.1, 0.15) is 11.6 Å². The lowest BCUT2D eigenvalue weighted by Gasteiger charge is -2.10. The number of nitrogens with zero attached hydrogens (tertiary/aromatic N) is 1. The highest BCUT2D eigenvalue weighted by Crippen LogP contribution is 2.29. The predicted molar refractivity (Wildman–Crippen MR) is 65.5 cm³/mol. The Bertz CT molecular complexity index is 503. The van der Waals surface area contributed by atoms with E-state index in [2.05, 4.69) is 0 Å². The van der Waals surface area contributed by atoms with E-state index in [9.17, 15) is 19.3 Å². The molecular weight excluding hydrogens is 253 g/mol. The number of nitro benzene ring substituents is 1. The first-order valence-corrected chi connectivity index (χ1v) is 6.17. The third-order valence-corrected chi connectivity index (χ3v) is 3.27. The summed E-state index contributed by atoms with van der Waals surface area (Å²) in [5.41, 5.74) is -0.265. The molecule has 1 aromatic carbocycles. The minimum Gasteiger partial charge on any atom is -0.487 e. The van der Waals surface area contributed by atoms with Crippen LogP contribution in [0.15, 0.2) is 18.2 Å². The molecule has 0 saturated heterocycles. The molecule has 0 heterocycles. The molecule has 0 aliphatic heterocycles. The third kappa shape index (κ3) is 3.27. The fourth-order valence-electron chi connectivity index (χ4n) is 2.26. The molecular formula is C13H14FNO4. The predicted octanol–water partition coefficient (Wildman–Crippen LogP) is 2.87. The van der Waals surface area contributed by atoms with E-state index in [1.54, 1.807) is 0 Å². The molecule has 2 rings (SSSR count). The maximum Gasteiger partial charge on any atom is 0.311 e.